The fraction of sp³-hybridized carbons (Fsp3) is 0.188. The standard InChI is InChI=1S/C16H17NO4/c1-10(12-7-14(18)9-15(19)8-12)17-13-5-3-11(4-6-13)16(20)21-2/h3-10,17-19H,1-2H3. The number of nitrogens with one attached hydrogen (secondary N) is 1. The molecule has 0 bridgehead atoms. The Balaban J connectivity index is 2.12. The molecular weight excluding hydrogens is 270 g/mol. The molecule has 3 N–H and O–H groups in total. The number of carbonyl (C=O) groups excluding carboxylic acids is 1. The molecule has 110 valence electrons. The van der Waals surface area contributed by atoms with Crippen LogP contribution in [0, 0.1) is 0 Å². The molecule has 0 saturated heterocycles. The van der Waals surface area contributed by atoms with Gasteiger partial charge in [-0.3, -0.25) is 0 Å². The molecule has 1 unspecified atom stereocenters. The van der Waals surface area contributed by atoms with E-state index in [1.807, 2.05) is 6.92 Å². The monoisotopic (exact) mass is 287 g/mol. The topological polar surface area (TPSA) is 78.8 Å². The van der Waals surface area contributed by atoms with Gasteiger partial charge in [-0.1, -0.05) is 0 Å². The lowest BCUT2D eigenvalue weighted by molar-refractivity contribution is 0.0601. The lowest BCUT2D eigenvalue weighted by Gasteiger charge is -2.16. The van der Waals surface area contributed by atoms with E-state index >= 15 is 0 Å². The number of hydrogen-bond donors (Lipinski definition) is 3. The van der Waals surface area contributed by atoms with Crippen LogP contribution in [0.5, 0.6) is 11.5 Å². The summed E-state index contributed by atoms with van der Waals surface area (Å²) in [6.07, 6.45) is 0. The minimum Gasteiger partial charge on any atom is -0.508 e. The maximum atomic E-state index is 11.3. The quantitative estimate of drug-likeness (QED) is 0.753. The van der Waals surface area contributed by atoms with Gasteiger partial charge in [0.15, 0.2) is 0 Å². The molecule has 0 aliphatic rings. The number of rotatable bonds is 4. The third-order valence-electron chi connectivity index (χ3n) is 3.11. The smallest absolute Gasteiger partial charge is 0.337 e. The van der Waals surface area contributed by atoms with E-state index < -0.39 is 0 Å². The van der Waals surface area contributed by atoms with Gasteiger partial charge >= 0.3 is 5.97 Å². The predicted octanol–water partition coefficient (Wildman–Crippen LogP) is 3.06. The zero-order chi connectivity index (χ0) is 15.4. The fourth-order valence-electron chi connectivity index (χ4n) is 2.02. The molecule has 0 saturated carbocycles. The second kappa shape index (κ2) is 6.17. The zero-order valence-electron chi connectivity index (χ0n) is 11.8. The number of ether oxygens (including phenoxy) is 1. The summed E-state index contributed by atoms with van der Waals surface area (Å²) >= 11 is 0. The van der Waals surface area contributed by atoms with Crippen LogP contribution in [0.4, 0.5) is 5.69 Å². The summed E-state index contributed by atoms with van der Waals surface area (Å²) in [6, 6.07) is 11.2. The van der Waals surface area contributed by atoms with Gasteiger partial charge < -0.3 is 20.3 Å². The highest BCUT2D eigenvalue weighted by Crippen LogP contribution is 2.27. The largest absolute Gasteiger partial charge is 0.508 e. The van der Waals surface area contributed by atoms with Crippen LogP contribution in [0.25, 0.3) is 0 Å². The predicted molar refractivity (Wildman–Crippen MR) is 79.6 cm³/mol. The molecule has 5 heteroatoms. The molecule has 0 aliphatic heterocycles. The van der Waals surface area contributed by atoms with E-state index in [4.69, 9.17) is 0 Å². The Kier molecular flexibility index (Phi) is 4.33. The van der Waals surface area contributed by atoms with Crippen molar-refractivity contribution < 1.29 is 19.7 Å². The average Bonchev–Trinajstić information content (AvgIpc) is 2.46. The van der Waals surface area contributed by atoms with Crippen LogP contribution in [0.15, 0.2) is 42.5 Å². The van der Waals surface area contributed by atoms with E-state index in [1.54, 1.807) is 36.4 Å². The average molecular weight is 287 g/mol. The number of phenols is 2. The van der Waals surface area contributed by atoms with Crippen LogP contribution < -0.4 is 5.32 Å². The zero-order valence-corrected chi connectivity index (χ0v) is 11.8. The molecule has 0 aromatic heterocycles. The first-order valence-electron chi connectivity index (χ1n) is 6.47. The van der Waals surface area contributed by atoms with Gasteiger partial charge in [-0.25, -0.2) is 4.79 Å². The Hall–Kier alpha value is -2.69. The summed E-state index contributed by atoms with van der Waals surface area (Å²) in [4.78, 5) is 11.3. The van der Waals surface area contributed by atoms with E-state index in [-0.39, 0.29) is 23.5 Å². The second-order valence-corrected chi connectivity index (χ2v) is 4.72. The summed E-state index contributed by atoms with van der Waals surface area (Å²) in [5, 5.41) is 22.2. The SMILES string of the molecule is COC(=O)c1ccc(NC(C)c2cc(O)cc(O)c2)cc1. The third kappa shape index (κ3) is 3.66. The number of aromatic hydroxyl groups is 2. The van der Waals surface area contributed by atoms with Crippen molar-refractivity contribution >= 4 is 11.7 Å². The number of esters is 1. The Morgan fingerprint density at radius 2 is 1.67 bits per heavy atom. The Bertz CT molecular complexity index is 617. The van der Waals surface area contributed by atoms with Crippen molar-refractivity contribution in [3.63, 3.8) is 0 Å². The van der Waals surface area contributed by atoms with Crippen LogP contribution in [-0.4, -0.2) is 23.3 Å². The van der Waals surface area contributed by atoms with E-state index in [0.29, 0.717) is 5.56 Å². The molecule has 5 nitrogen and oxygen atoms in total. The number of anilines is 1. The summed E-state index contributed by atoms with van der Waals surface area (Å²) < 4.78 is 4.64. The molecule has 0 radical (unpaired) electrons. The first kappa shape index (κ1) is 14.7. The van der Waals surface area contributed by atoms with Gasteiger partial charge in [-0.2, -0.15) is 0 Å². The Morgan fingerprint density at radius 3 is 2.19 bits per heavy atom. The maximum absolute atomic E-state index is 11.3. The van der Waals surface area contributed by atoms with Crippen LogP contribution in [0.2, 0.25) is 0 Å². The molecule has 1 atom stereocenters. The van der Waals surface area contributed by atoms with Crippen molar-refractivity contribution in [2.45, 2.75) is 13.0 Å². The van der Waals surface area contributed by atoms with Crippen molar-refractivity contribution in [2.24, 2.45) is 0 Å². The van der Waals surface area contributed by atoms with Crippen LogP contribution in [-0.2, 0) is 4.74 Å². The van der Waals surface area contributed by atoms with Crippen molar-refractivity contribution in [1.29, 1.82) is 0 Å². The highest BCUT2D eigenvalue weighted by molar-refractivity contribution is 5.89. The third-order valence-corrected chi connectivity index (χ3v) is 3.11. The molecule has 2 rings (SSSR count). The molecule has 0 amide bonds. The first-order chi connectivity index (χ1) is 9.99. The minimum atomic E-state index is -0.382. The summed E-state index contributed by atoms with van der Waals surface area (Å²) in [5.74, 6) is -0.355. The number of methoxy groups -OCH3 is 1. The Morgan fingerprint density at radius 1 is 1.10 bits per heavy atom. The lowest BCUT2D eigenvalue weighted by atomic mass is 10.1. The summed E-state index contributed by atoms with van der Waals surface area (Å²) in [6.45, 7) is 1.91. The van der Waals surface area contributed by atoms with Crippen molar-refractivity contribution in [3.8, 4) is 11.5 Å². The first-order valence-corrected chi connectivity index (χ1v) is 6.47. The molecule has 21 heavy (non-hydrogen) atoms. The summed E-state index contributed by atoms with van der Waals surface area (Å²) in [5.41, 5.74) is 2.05. The van der Waals surface area contributed by atoms with E-state index in [1.165, 1.54) is 13.2 Å². The van der Waals surface area contributed by atoms with E-state index in [9.17, 15) is 15.0 Å². The van der Waals surface area contributed by atoms with Crippen molar-refractivity contribution in [3.05, 3.63) is 53.6 Å². The normalized spacial score (nSPS) is 11.7. The van der Waals surface area contributed by atoms with Gasteiger partial charge in [0.05, 0.1) is 12.7 Å². The second-order valence-electron chi connectivity index (χ2n) is 4.72. The van der Waals surface area contributed by atoms with Gasteiger partial charge in [-0.15, -0.1) is 0 Å². The van der Waals surface area contributed by atoms with E-state index in [0.717, 1.165) is 11.3 Å². The number of carbonyl (C=O) groups is 1. The highest BCUT2D eigenvalue weighted by Gasteiger charge is 2.09. The summed E-state index contributed by atoms with van der Waals surface area (Å²) in [7, 11) is 1.34. The molecule has 0 heterocycles. The highest BCUT2D eigenvalue weighted by atomic mass is 16.5. The number of benzene rings is 2. The number of hydrogen-bond acceptors (Lipinski definition) is 5. The molecule has 0 fully saturated rings. The maximum Gasteiger partial charge on any atom is 0.337 e. The van der Waals surface area contributed by atoms with Crippen LogP contribution in [0.3, 0.4) is 0 Å². The Labute approximate surface area is 122 Å². The van der Waals surface area contributed by atoms with Crippen LogP contribution in [0.1, 0.15) is 28.9 Å². The van der Waals surface area contributed by atoms with Gasteiger partial charge in [0.1, 0.15) is 11.5 Å². The van der Waals surface area contributed by atoms with Crippen LogP contribution >= 0.6 is 0 Å². The van der Waals surface area contributed by atoms with E-state index in [2.05, 4.69) is 10.1 Å². The van der Waals surface area contributed by atoms with Gasteiger partial charge in [0.25, 0.3) is 0 Å². The molecule has 2 aromatic rings. The molecule has 2 aromatic carbocycles. The van der Waals surface area contributed by atoms with Crippen molar-refractivity contribution in [2.75, 3.05) is 12.4 Å². The van der Waals surface area contributed by atoms with Gasteiger partial charge in [-0.05, 0) is 48.9 Å². The van der Waals surface area contributed by atoms with Crippen molar-refractivity contribution in [1.82, 2.24) is 0 Å². The van der Waals surface area contributed by atoms with Gasteiger partial charge in [0.2, 0.25) is 0 Å². The minimum absolute atomic E-state index is 0.0136. The molecule has 0 spiro atoms. The lowest BCUT2D eigenvalue weighted by Crippen LogP contribution is -2.07. The molecule has 0 aliphatic carbocycles. The fourth-order valence-corrected chi connectivity index (χ4v) is 2.02. The number of phenolic OH excluding ortho intramolecular Hbond substituents is 2. The molecular formula is C16H17NO4. The van der Waals surface area contributed by atoms with Gasteiger partial charge in [0, 0.05) is 17.8 Å².